The number of pyridine rings is 1. The Morgan fingerprint density at radius 3 is 2.76 bits per heavy atom. The molecule has 2 aromatic heterocycles. The Balaban J connectivity index is 1.71. The van der Waals surface area contributed by atoms with Crippen molar-refractivity contribution < 1.29 is 0 Å². The van der Waals surface area contributed by atoms with Gasteiger partial charge in [-0.05, 0) is 36.2 Å². The second kappa shape index (κ2) is 6.22. The van der Waals surface area contributed by atoms with E-state index in [1.807, 2.05) is 42.2 Å². The Kier molecular flexibility index (Phi) is 3.96. The topological polar surface area (TPSA) is 42.7 Å². The quantitative estimate of drug-likeness (QED) is 0.779. The van der Waals surface area contributed by atoms with Crippen LogP contribution in [-0.4, -0.2) is 14.8 Å². The third kappa shape index (κ3) is 3.48. The summed E-state index contributed by atoms with van der Waals surface area (Å²) in [5.41, 5.74) is 4.57. The summed E-state index contributed by atoms with van der Waals surface area (Å²) in [6.07, 6.45) is 5.69. The Hall–Kier alpha value is -2.62. The summed E-state index contributed by atoms with van der Waals surface area (Å²) in [6.45, 7) is 3.53. The molecular weight excluding hydrogens is 260 g/mol. The minimum Gasteiger partial charge on any atom is -0.381 e. The SMILES string of the molecule is Cc1ccc(CNc2ccccc2Cn2cccn2)cn1. The van der Waals surface area contributed by atoms with Crippen LogP contribution in [0.1, 0.15) is 16.8 Å². The lowest BCUT2D eigenvalue weighted by Gasteiger charge is -2.12. The normalized spacial score (nSPS) is 10.5. The Labute approximate surface area is 124 Å². The van der Waals surface area contributed by atoms with Crippen LogP contribution >= 0.6 is 0 Å². The summed E-state index contributed by atoms with van der Waals surface area (Å²) in [5, 5.41) is 7.74. The molecule has 0 saturated heterocycles. The van der Waals surface area contributed by atoms with E-state index in [9.17, 15) is 0 Å². The highest BCUT2D eigenvalue weighted by molar-refractivity contribution is 5.51. The summed E-state index contributed by atoms with van der Waals surface area (Å²) >= 11 is 0. The highest BCUT2D eigenvalue weighted by Gasteiger charge is 2.03. The Morgan fingerprint density at radius 1 is 1.10 bits per heavy atom. The molecule has 0 spiro atoms. The average Bonchev–Trinajstić information content (AvgIpc) is 3.01. The van der Waals surface area contributed by atoms with E-state index >= 15 is 0 Å². The van der Waals surface area contributed by atoms with E-state index in [1.54, 1.807) is 6.20 Å². The van der Waals surface area contributed by atoms with E-state index in [1.165, 1.54) is 11.1 Å². The standard InChI is InChI=1S/C17H18N4/c1-14-7-8-15(11-18-14)12-19-17-6-3-2-5-16(17)13-21-10-4-9-20-21/h2-11,19H,12-13H2,1H3. The predicted octanol–water partition coefficient (Wildman–Crippen LogP) is 3.25. The molecule has 0 amide bonds. The number of aryl methyl sites for hydroxylation is 1. The molecule has 0 fully saturated rings. The fraction of sp³-hybridized carbons (Fsp3) is 0.176. The number of rotatable bonds is 5. The number of hydrogen-bond donors (Lipinski definition) is 1. The van der Waals surface area contributed by atoms with Crippen LogP contribution in [0.2, 0.25) is 0 Å². The second-order valence-corrected chi connectivity index (χ2v) is 5.02. The third-order valence-corrected chi connectivity index (χ3v) is 3.36. The molecule has 0 aliphatic heterocycles. The van der Waals surface area contributed by atoms with Crippen molar-refractivity contribution in [3.8, 4) is 0 Å². The predicted molar refractivity (Wildman–Crippen MR) is 84.1 cm³/mol. The van der Waals surface area contributed by atoms with Gasteiger partial charge < -0.3 is 5.32 Å². The van der Waals surface area contributed by atoms with Crippen LogP contribution in [0.4, 0.5) is 5.69 Å². The fourth-order valence-corrected chi connectivity index (χ4v) is 2.20. The number of nitrogens with zero attached hydrogens (tertiary/aromatic N) is 3. The van der Waals surface area contributed by atoms with E-state index in [-0.39, 0.29) is 0 Å². The average molecular weight is 278 g/mol. The van der Waals surface area contributed by atoms with Gasteiger partial charge in [0.05, 0.1) is 6.54 Å². The maximum atomic E-state index is 4.32. The number of aromatic nitrogens is 3. The summed E-state index contributed by atoms with van der Waals surface area (Å²) in [6, 6.07) is 14.4. The number of anilines is 1. The molecule has 0 bridgehead atoms. The van der Waals surface area contributed by atoms with Crippen molar-refractivity contribution >= 4 is 5.69 Å². The zero-order valence-corrected chi connectivity index (χ0v) is 12.0. The molecular formula is C17H18N4. The van der Waals surface area contributed by atoms with Gasteiger partial charge in [0, 0.05) is 36.5 Å². The minimum atomic E-state index is 0.766. The van der Waals surface area contributed by atoms with Crippen molar-refractivity contribution in [3.63, 3.8) is 0 Å². The van der Waals surface area contributed by atoms with E-state index in [2.05, 4.69) is 39.7 Å². The van der Waals surface area contributed by atoms with Crippen LogP contribution in [0.25, 0.3) is 0 Å². The van der Waals surface area contributed by atoms with Crippen LogP contribution in [0, 0.1) is 6.92 Å². The molecule has 4 heteroatoms. The molecule has 1 N–H and O–H groups in total. The first-order valence-electron chi connectivity index (χ1n) is 7.02. The van der Waals surface area contributed by atoms with Crippen LogP contribution in [0.3, 0.4) is 0 Å². The summed E-state index contributed by atoms with van der Waals surface area (Å²) < 4.78 is 1.92. The van der Waals surface area contributed by atoms with Gasteiger partial charge in [0.1, 0.15) is 0 Å². The Bertz CT molecular complexity index is 687. The number of nitrogens with one attached hydrogen (secondary N) is 1. The zero-order chi connectivity index (χ0) is 14.5. The van der Waals surface area contributed by atoms with Crippen molar-refractivity contribution in [1.82, 2.24) is 14.8 Å². The van der Waals surface area contributed by atoms with Crippen LogP contribution < -0.4 is 5.32 Å². The molecule has 0 radical (unpaired) electrons. The summed E-state index contributed by atoms with van der Waals surface area (Å²) in [7, 11) is 0. The minimum absolute atomic E-state index is 0.766. The number of benzene rings is 1. The molecule has 0 saturated carbocycles. The van der Waals surface area contributed by atoms with Gasteiger partial charge in [-0.2, -0.15) is 5.10 Å². The van der Waals surface area contributed by atoms with Gasteiger partial charge in [0.2, 0.25) is 0 Å². The van der Waals surface area contributed by atoms with Crippen molar-refractivity contribution in [2.45, 2.75) is 20.0 Å². The van der Waals surface area contributed by atoms with E-state index < -0.39 is 0 Å². The largest absolute Gasteiger partial charge is 0.381 e. The second-order valence-electron chi connectivity index (χ2n) is 5.02. The van der Waals surface area contributed by atoms with Crippen molar-refractivity contribution in [1.29, 1.82) is 0 Å². The first kappa shape index (κ1) is 13.4. The molecule has 3 aromatic rings. The van der Waals surface area contributed by atoms with E-state index in [0.717, 1.165) is 24.5 Å². The van der Waals surface area contributed by atoms with Gasteiger partial charge in [0.25, 0.3) is 0 Å². The third-order valence-electron chi connectivity index (χ3n) is 3.36. The maximum Gasteiger partial charge on any atom is 0.0679 e. The van der Waals surface area contributed by atoms with Crippen LogP contribution in [0.15, 0.2) is 61.1 Å². The Morgan fingerprint density at radius 2 is 2.00 bits per heavy atom. The van der Waals surface area contributed by atoms with E-state index in [4.69, 9.17) is 0 Å². The molecule has 106 valence electrons. The first-order valence-corrected chi connectivity index (χ1v) is 7.02. The zero-order valence-electron chi connectivity index (χ0n) is 12.0. The molecule has 1 aromatic carbocycles. The van der Waals surface area contributed by atoms with Crippen molar-refractivity contribution in [2.24, 2.45) is 0 Å². The molecule has 4 nitrogen and oxygen atoms in total. The van der Waals surface area contributed by atoms with Crippen molar-refractivity contribution in [3.05, 3.63) is 77.9 Å². The lowest BCUT2D eigenvalue weighted by molar-refractivity contribution is 0.687. The lowest BCUT2D eigenvalue weighted by atomic mass is 10.1. The van der Waals surface area contributed by atoms with Crippen LogP contribution in [0.5, 0.6) is 0 Å². The molecule has 0 aliphatic carbocycles. The lowest BCUT2D eigenvalue weighted by Crippen LogP contribution is -2.06. The van der Waals surface area contributed by atoms with E-state index in [0.29, 0.717) is 0 Å². The van der Waals surface area contributed by atoms with Gasteiger partial charge in [-0.25, -0.2) is 0 Å². The number of para-hydroxylation sites is 1. The first-order chi connectivity index (χ1) is 10.3. The van der Waals surface area contributed by atoms with Crippen molar-refractivity contribution in [2.75, 3.05) is 5.32 Å². The molecule has 0 aliphatic rings. The van der Waals surface area contributed by atoms with Gasteiger partial charge in [-0.3, -0.25) is 9.67 Å². The van der Waals surface area contributed by atoms with Gasteiger partial charge in [-0.1, -0.05) is 24.3 Å². The summed E-state index contributed by atoms with van der Waals surface area (Å²) in [4.78, 5) is 4.32. The van der Waals surface area contributed by atoms with Gasteiger partial charge >= 0.3 is 0 Å². The summed E-state index contributed by atoms with van der Waals surface area (Å²) in [5.74, 6) is 0. The fourth-order valence-electron chi connectivity index (χ4n) is 2.20. The maximum absolute atomic E-state index is 4.32. The number of hydrogen-bond acceptors (Lipinski definition) is 3. The molecule has 0 unspecified atom stereocenters. The van der Waals surface area contributed by atoms with Gasteiger partial charge in [-0.15, -0.1) is 0 Å². The van der Waals surface area contributed by atoms with Gasteiger partial charge in [0.15, 0.2) is 0 Å². The monoisotopic (exact) mass is 278 g/mol. The molecule has 21 heavy (non-hydrogen) atoms. The molecule has 3 rings (SSSR count). The smallest absolute Gasteiger partial charge is 0.0679 e. The highest BCUT2D eigenvalue weighted by atomic mass is 15.3. The highest BCUT2D eigenvalue weighted by Crippen LogP contribution is 2.17. The van der Waals surface area contributed by atoms with Crippen LogP contribution in [-0.2, 0) is 13.1 Å². The molecule has 0 atom stereocenters. The molecule has 2 heterocycles.